The second-order valence-corrected chi connectivity index (χ2v) is 3.18. The summed E-state index contributed by atoms with van der Waals surface area (Å²) in [5.74, 6) is -0.0504. The average molecular weight is 227 g/mol. The van der Waals surface area contributed by atoms with E-state index in [4.69, 9.17) is 0 Å². The molecule has 0 aromatic heterocycles. The highest BCUT2D eigenvalue weighted by molar-refractivity contribution is 9.10. The zero-order chi connectivity index (χ0) is 9.14. The maximum atomic E-state index is 11.0. The summed E-state index contributed by atoms with van der Waals surface area (Å²) in [7, 11) is 0. The maximum absolute atomic E-state index is 11.0. The van der Waals surface area contributed by atoms with E-state index in [0.29, 0.717) is 15.6 Å². The Labute approximate surface area is 78.7 Å². The molecular weight excluding hydrogens is 220 g/mol. The van der Waals surface area contributed by atoms with E-state index in [-0.39, 0.29) is 5.78 Å². The van der Waals surface area contributed by atoms with Crippen molar-refractivity contribution in [1.82, 2.24) is 0 Å². The molecule has 0 N–H and O–H groups in total. The minimum absolute atomic E-state index is 0.0504. The molecule has 62 valence electrons. The Hall–Kier alpha value is -0.960. The first-order valence-corrected chi connectivity index (χ1v) is 4.20. The van der Waals surface area contributed by atoms with Gasteiger partial charge in [-0.05, 0) is 22.9 Å². The number of benzene rings is 1. The summed E-state index contributed by atoms with van der Waals surface area (Å²) in [4.78, 5) is 21.4. The van der Waals surface area contributed by atoms with Gasteiger partial charge in [0.1, 0.15) is 0 Å². The lowest BCUT2D eigenvalue weighted by molar-refractivity contribution is 0.101. The smallest absolute Gasteiger partial charge is 0.160 e. The molecular formula is C9H7BrO2. The molecule has 0 spiro atoms. The predicted octanol–water partition coefficient (Wildman–Crippen LogP) is 2.46. The highest BCUT2D eigenvalue weighted by Crippen LogP contribution is 2.20. The lowest BCUT2D eigenvalue weighted by Crippen LogP contribution is -1.96. The number of hydrogen-bond acceptors (Lipinski definition) is 2. The lowest BCUT2D eigenvalue weighted by Gasteiger charge is -2.00. The van der Waals surface area contributed by atoms with Gasteiger partial charge in [0.2, 0.25) is 0 Å². The Morgan fingerprint density at radius 2 is 2.17 bits per heavy atom. The molecule has 0 heterocycles. The number of carbonyl (C=O) groups is 2. The largest absolute Gasteiger partial charge is 0.298 e. The van der Waals surface area contributed by atoms with Crippen LogP contribution in [0.3, 0.4) is 0 Å². The van der Waals surface area contributed by atoms with Crippen LogP contribution in [0.25, 0.3) is 0 Å². The number of rotatable bonds is 2. The molecule has 0 aliphatic heterocycles. The molecule has 0 amide bonds. The van der Waals surface area contributed by atoms with Gasteiger partial charge in [0.05, 0.1) is 0 Å². The average Bonchev–Trinajstić information content (AvgIpc) is 2.04. The first-order valence-electron chi connectivity index (χ1n) is 3.41. The Morgan fingerprint density at radius 3 is 2.67 bits per heavy atom. The normalized spacial score (nSPS) is 9.50. The molecule has 12 heavy (non-hydrogen) atoms. The molecule has 0 saturated carbocycles. The van der Waals surface area contributed by atoms with E-state index in [1.54, 1.807) is 18.2 Å². The zero-order valence-electron chi connectivity index (χ0n) is 6.50. The first kappa shape index (κ1) is 9.13. The third-order valence-electron chi connectivity index (χ3n) is 1.53. The fourth-order valence-electron chi connectivity index (χ4n) is 0.913. The van der Waals surface area contributed by atoms with Crippen LogP contribution in [0.5, 0.6) is 0 Å². The van der Waals surface area contributed by atoms with Crippen LogP contribution in [0.15, 0.2) is 22.7 Å². The molecule has 0 radical (unpaired) electrons. The second kappa shape index (κ2) is 3.63. The molecule has 1 rings (SSSR count). The minimum atomic E-state index is -0.0504. The minimum Gasteiger partial charge on any atom is -0.298 e. The molecule has 0 atom stereocenters. The topological polar surface area (TPSA) is 34.1 Å². The van der Waals surface area contributed by atoms with Gasteiger partial charge < -0.3 is 0 Å². The summed E-state index contributed by atoms with van der Waals surface area (Å²) in [5, 5.41) is 0. The molecule has 0 saturated heterocycles. The standard InChI is InChI=1S/C9H7BrO2/c1-6(12)8-4-2-3-7(5-11)9(8)10/h2-5H,1H3. The third-order valence-corrected chi connectivity index (χ3v) is 2.42. The molecule has 1 aromatic rings. The fraction of sp³-hybridized carbons (Fsp3) is 0.111. The van der Waals surface area contributed by atoms with Crippen LogP contribution in [0, 0.1) is 0 Å². The molecule has 0 fully saturated rings. The van der Waals surface area contributed by atoms with Crippen molar-refractivity contribution >= 4 is 28.0 Å². The fourth-order valence-corrected chi connectivity index (χ4v) is 1.55. The summed E-state index contributed by atoms with van der Waals surface area (Å²) in [6, 6.07) is 5.02. The summed E-state index contributed by atoms with van der Waals surface area (Å²) in [6.45, 7) is 1.47. The quantitative estimate of drug-likeness (QED) is 0.574. The summed E-state index contributed by atoms with van der Waals surface area (Å²) >= 11 is 3.19. The van der Waals surface area contributed by atoms with Crippen molar-refractivity contribution in [3.63, 3.8) is 0 Å². The third kappa shape index (κ3) is 1.61. The Kier molecular flexibility index (Phi) is 2.76. The van der Waals surface area contributed by atoms with Crippen molar-refractivity contribution in [2.24, 2.45) is 0 Å². The number of halogens is 1. The number of hydrogen-bond donors (Lipinski definition) is 0. The van der Waals surface area contributed by atoms with Gasteiger partial charge in [-0.15, -0.1) is 0 Å². The summed E-state index contributed by atoms with van der Waals surface area (Å²) < 4.78 is 0.576. The molecule has 1 aromatic carbocycles. The first-order chi connectivity index (χ1) is 5.66. The van der Waals surface area contributed by atoms with Crippen molar-refractivity contribution in [2.75, 3.05) is 0 Å². The van der Waals surface area contributed by atoms with E-state index in [0.717, 1.165) is 6.29 Å². The lowest BCUT2D eigenvalue weighted by atomic mass is 10.1. The van der Waals surface area contributed by atoms with Gasteiger partial charge in [-0.2, -0.15) is 0 Å². The van der Waals surface area contributed by atoms with Crippen LogP contribution in [0.4, 0.5) is 0 Å². The van der Waals surface area contributed by atoms with Crippen LogP contribution in [0.2, 0.25) is 0 Å². The van der Waals surface area contributed by atoms with Gasteiger partial charge in [-0.1, -0.05) is 18.2 Å². The van der Waals surface area contributed by atoms with E-state index in [9.17, 15) is 9.59 Å². The SMILES string of the molecule is CC(=O)c1cccc(C=O)c1Br. The van der Waals surface area contributed by atoms with Crippen molar-refractivity contribution in [3.8, 4) is 0 Å². The molecule has 3 heteroatoms. The Balaban J connectivity index is 3.32. The Bertz CT molecular complexity index is 331. The second-order valence-electron chi connectivity index (χ2n) is 2.38. The monoisotopic (exact) mass is 226 g/mol. The molecule has 0 bridgehead atoms. The predicted molar refractivity (Wildman–Crippen MR) is 49.5 cm³/mol. The van der Waals surface area contributed by atoms with Crippen LogP contribution in [-0.2, 0) is 0 Å². The zero-order valence-corrected chi connectivity index (χ0v) is 8.09. The van der Waals surface area contributed by atoms with E-state index >= 15 is 0 Å². The van der Waals surface area contributed by atoms with E-state index < -0.39 is 0 Å². The highest BCUT2D eigenvalue weighted by Gasteiger charge is 2.07. The van der Waals surface area contributed by atoms with Gasteiger partial charge in [0.25, 0.3) is 0 Å². The van der Waals surface area contributed by atoms with Gasteiger partial charge >= 0.3 is 0 Å². The van der Waals surface area contributed by atoms with Gasteiger partial charge in [-0.3, -0.25) is 9.59 Å². The summed E-state index contributed by atoms with van der Waals surface area (Å²) in [5.41, 5.74) is 1.04. The van der Waals surface area contributed by atoms with Crippen molar-refractivity contribution in [3.05, 3.63) is 33.8 Å². The number of aldehydes is 1. The maximum Gasteiger partial charge on any atom is 0.160 e. The molecule has 0 unspecified atom stereocenters. The van der Waals surface area contributed by atoms with Crippen molar-refractivity contribution in [2.45, 2.75) is 6.92 Å². The molecule has 0 aliphatic carbocycles. The van der Waals surface area contributed by atoms with Crippen LogP contribution >= 0.6 is 15.9 Å². The molecule has 2 nitrogen and oxygen atoms in total. The number of ketones is 1. The van der Waals surface area contributed by atoms with Gasteiger partial charge in [-0.25, -0.2) is 0 Å². The van der Waals surface area contributed by atoms with E-state index in [1.165, 1.54) is 6.92 Å². The number of Topliss-reactive ketones (excluding diaryl/α,β-unsaturated/α-hetero) is 1. The van der Waals surface area contributed by atoms with Gasteiger partial charge in [0.15, 0.2) is 12.1 Å². The Morgan fingerprint density at radius 1 is 1.50 bits per heavy atom. The summed E-state index contributed by atoms with van der Waals surface area (Å²) in [6.07, 6.45) is 0.719. The van der Waals surface area contributed by atoms with Gasteiger partial charge in [0, 0.05) is 15.6 Å². The van der Waals surface area contributed by atoms with Crippen molar-refractivity contribution < 1.29 is 9.59 Å². The van der Waals surface area contributed by atoms with E-state index in [1.807, 2.05) is 0 Å². The van der Waals surface area contributed by atoms with Crippen LogP contribution < -0.4 is 0 Å². The highest BCUT2D eigenvalue weighted by atomic mass is 79.9. The van der Waals surface area contributed by atoms with Crippen LogP contribution in [0.1, 0.15) is 27.6 Å². The molecule has 0 aliphatic rings. The number of carbonyl (C=O) groups excluding carboxylic acids is 2. The van der Waals surface area contributed by atoms with Crippen LogP contribution in [-0.4, -0.2) is 12.1 Å². The van der Waals surface area contributed by atoms with E-state index in [2.05, 4.69) is 15.9 Å². The van der Waals surface area contributed by atoms with Crippen molar-refractivity contribution in [1.29, 1.82) is 0 Å².